The number of aliphatic hydroxyl groups excluding tert-OH is 1. The van der Waals surface area contributed by atoms with E-state index in [2.05, 4.69) is 20.1 Å². The first-order chi connectivity index (χ1) is 18.5. The Morgan fingerprint density at radius 3 is 2.36 bits per heavy atom. The zero-order valence-corrected chi connectivity index (χ0v) is 24.6. The predicted molar refractivity (Wildman–Crippen MR) is 151 cm³/mol. The molecule has 0 aromatic carbocycles. The topological polar surface area (TPSA) is 90.4 Å². The molecule has 3 amide bonds. The number of likely N-dealkylation sites (tertiary alicyclic amines) is 1. The summed E-state index contributed by atoms with van der Waals surface area (Å²) in [5, 5.41) is 10.5. The lowest BCUT2D eigenvalue weighted by Gasteiger charge is -2.42. The third kappa shape index (κ3) is 4.75. The van der Waals surface area contributed by atoms with E-state index in [1.54, 1.807) is 29.0 Å². The quantitative estimate of drug-likeness (QED) is 0.404. The maximum atomic E-state index is 14.8. The van der Waals surface area contributed by atoms with Crippen molar-refractivity contribution in [3.05, 3.63) is 25.3 Å². The lowest BCUT2D eigenvalue weighted by Crippen LogP contribution is -2.60. The van der Waals surface area contributed by atoms with Crippen LogP contribution in [-0.2, 0) is 19.1 Å². The summed E-state index contributed by atoms with van der Waals surface area (Å²) in [5.74, 6) is -1.83. The average Bonchev–Trinajstić information content (AvgIpc) is 3.42. The van der Waals surface area contributed by atoms with Gasteiger partial charge in [0.1, 0.15) is 11.6 Å². The number of fused-ring (bicyclic) bond motifs is 1. The highest BCUT2D eigenvalue weighted by Crippen LogP contribution is 2.66. The molecule has 3 aliphatic heterocycles. The van der Waals surface area contributed by atoms with E-state index < -0.39 is 35.1 Å². The van der Waals surface area contributed by atoms with Crippen molar-refractivity contribution in [2.45, 2.75) is 102 Å². The van der Waals surface area contributed by atoms with Crippen molar-refractivity contribution in [2.75, 3.05) is 26.7 Å². The molecule has 1 spiro atoms. The van der Waals surface area contributed by atoms with Crippen LogP contribution < -0.4 is 0 Å². The van der Waals surface area contributed by atoms with E-state index in [0.717, 1.165) is 32.1 Å². The molecule has 1 N–H and O–H groups in total. The van der Waals surface area contributed by atoms with Crippen LogP contribution in [0.1, 0.15) is 72.6 Å². The van der Waals surface area contributed by atoms with Crippen molar-refractivity contribution in [3.63, 3.8) is 0 Å². The molecule has 4 fully saturated rings. The molecule has 0 radical (unpaired) electrons. The second-order valence-electron chi connectivity index (χ2n) is 13.0. The SMILES string of the molecule is C=CCN(C)C(=O)[C@@H]1[C@H]2C(=O)N([C@@H](CO)CC(C)C)C(C(=O)N(CC=C)C3CCCCC3)C23CC(C)[C@@]1(C)O3. The van der Waals surface area contributed by atoms with Gasteiger partial charge in [0.2, 0.25) is 17.7 Å². The van der Waals surface area contributed by atoms with Crippen molar-refractivity contribution >= 4 is 17.7 Å². The highest BCUT2D eigenvalue weighted by molar-refractivity contribution is 5.99. The Hall–Kier alpha value is -2.19. The van der Waals surface area contributed by atoms with Crippen LogP contribution in [0.3, 0.4) is 0 Å². The Morgan fingerprint density at radius 2 is 1.79 bits per heavy atom. The summed E-state index contributed by atoms with van der Waals surface area (Å²) in [5.41, 5.74) is -1.98. The molecule has 8 nitrogen and oxygen atoms in total. The minimum Gasteiger partial charge on any atom is -0.394 e. The van der Waals surface area contributed by atoms with Crippen LogP contribution in [0.15, 0.2) is 25.3 Å². The number of carbonyl (C=O) groups excluding carboxylic acids is 3. The largest absolute Gasteiger partial charge is 0.394 e. The first-order valence-electron chi connectivity index (χ1n) is 14.9. The Morgan fingerprint density at radius 1 is 1.15 bits per heavy atom. The van der Waals surface area contributed by atoms with E-state index in [-0.39, 0.29) is 42.2 Å². The molecule has 3 saturated heterocycles. The maximum Gasteiger partial charge on any atom is 0.248 e. The molecule has 4 aliphatic rings. The van der Waals surface area contributed by atoms with E-state index in [1.165, 1.54) is 0 Å². The molecule has 3 unspecified atom stereocenters. The van der Waals surface area contributed by atoms with Crippen LogP contribution in [0.4, 0.5) is 0 Å². The van der Waals surface area contributed by atoms with Gasteiger partial charge in [0.25, 0.3) is 0 Å². The molecule has 2 bridgehead atoms. The predicted octanol–water partition coefficient (Wildman–Crippen LogP) is 3.40. The molecule has 1 aliphatic carbocycles. The van der Waals surface area contributed by atoms with Gasteiger partial charge < -0.3 is 24.5 Å². The fourth-order valence-electron chi connectivity index (χ4n) is 8.17. The lowest BCUT2D eigenvalue weighted by atomic mass is 9.62. The third-order valence-corrected chi connectivity index (χ3v) is 10.0. The van der Waals surface area contributed by atoms with Gasteiger partial charge in [0.05, 0.1) is 30.1 Å². The summed E-state index contributed by atoms with van der Waals surface area (Å²) >= 11 is 0. The van der Waals surface area contributed by atoms with Crippen LogP contribution in [-0.4, -0.2) is 93.6 Å². The van der Waals surface area contributed by atoms with Gasteiger partial charge in [0, 0.05) is 26.2 Å². The number of hydrogen-bond acceptors (Lipinski definition) is 5. The van der Waals surface area contributed by atoms with Crippen LogP contribution in [0.2, 0.25) is 0 Å². The molecule has 8 heteroatoms. The van der Waals surface area contributed by atoms with Crippen LogP contribution in [0, 0.1) is 23.7 Å². The molecular formula is C31H49N3O5. The summed E-state index contributed by atoms with van der Waals surface area (Å²) in [6.45, 7) is 16.3. The standard InChI is InChI=1S/C31H49N3O5/c1-8-15-32(7)27(36)24-25-28(37)34(23(19-35)17-20(3)4)26(31(25)18-21(5)30(24,6)39-31)29(38)33(16-9-2)22-13-11-10-12-14-22/h8-9,20-26,35H,1-2,10-19H2,3-7H3/t21?,23-,24+,25+,26?,30-,31?/m1/s1. The number of amides is 3. The van der Waals surface area contributed by atoms with Crippen LogP contribution in [0.5, 0.6) is 0 Å². The number of ether oxygens (including phenoxy) is 1. The number of likely N-dealkylation sites (N-methyl/N-ethyl adjacent to an activating group) is 1. The number of carbonyl (C=O) groups is 3. The average molecular weight is 544 g/mol. The Kier molecular flexibility index (Phi) is 8.67. The van der Waals surface area contributed by atoms with Crippen LogP contribution in [0.25, 0.3) is 0 Å². The van der Waals surface area contributed by atoms with Crippen molar-refractivity contribution in [1.29, 1.82) is 0 Å². The monoisotopic (exact) mass is 543 g/mol. The first-order valence-corrected chi connectivity index (χ1v) is 14.9. The van der Waals surface area contributed by atoms with E-state index in [0.29, 0.717) is 25.9 Å². The van der Waals surface area contributed by atoms with E-state index >= 15 is 0 Å². The fraction of sp³-hybridized carbons (Fsp3) is 0.774. The Labute approximate surface area is 234 Å². The van der Waals surface area contributed by atoms with Gasteiger partial charge in [-0.1, -0.05) is 52.2 Å². The molecule has 4 rings (SSSR count). The summed E-state index contributed by atoms with van der Waals surface area (Å²) in [6.07, 6.45) is 9.65. The molecule has 7 atom stereocenters. The number of nitrogens with zero attached hydrogens (tertiary/aromatic N) is 3. The summed E-state index contributed by atoms with van der Waals surface area (Å²) in [7, 11) is 1.72. The normalized spacial score (nSPS) is 34.7. The Balaban J connectivity index is 1.84. The summed E-state index contributed by atoms with van der Waals surface area (Å²) in [6, 6.07) is -1.34. The molecule has 39 heavy (non-hydrogen) atoms. The molecule has 3 heterocycles. The van der Waals surface area contributed by atoms with Gasteiger partial charge in [-0.15, -0.1) is 13.2 Å². The van der Waals surface area contributed by atoms with Gasteiger partial charge in [-0.2, -0.15) is 0 Å². The van der Waals surface area contributed by atoms with E-state index in [4.69, 9.17) is 4.74 Å². The molecule has 0 aromatic rings. The lowest BCUT2D eigenvalue weighted by molar-refractivity contribution is -0.159. The van der Waals surface area contributed by atoms with Crippen molar-refractivity contribution < 1.29 is 24.2 Å². The van der Waals surface area contributed by atoms with Crippen molar-refractivity contribution in [2.24, 2.45) is 23.7 Å². The minimum absolute atomic E-state index is 0.0249. The van der Waals surface area contributed by atoms with E-state index in [1.807, 2.05) is 25.7 Å². The van der Waals surface area contributed by atoms with Gasteiger partial charge in [-0.3, -0.25) is 14.4 Å². The minimum atomic E-state index is -1.11. The molecule has 218 valence electrons. The van der Waals surface area contributed by atoms with E-state index in [9.17, 15) is 19.5 Å². The van der Waals surface area contributed by atoms with Crippen LogP contribution >= 0.6 is 0 Å². The van der Waals surface area contributed by atoms with Gasteiger partial charge in [-0.05, 0) is 44.4 Å². The molecule has 1 saturated carbocycles. The summed E-state index contributed by atoms with van der Waals surface area (Å²) in [4.78, 5) is 48.3. The second-order valence-corrected chi connectivity index (χ2v) is 13.0. The fourth-order valence-corrected chi connectivity index (χ4v) is 8.17. The highest BCUT2D eigenvalue weighted by atomic mass is 16.5. The zero-order chi connectivity index (χ0) is 28.7. The summed E-state index contributed by atoms with van der Waals surface area (Å²) < 4.78 is 6.90. The number of hydrogen-bond donors (Lipinski definition) is 1. The second kappa shape index (κ2) is 11.4. The van der Waals surface area contributed by atoms with Crippen molar-refractivity contribution in [1.82, 2.24) is 14.7 Å². The van der Waals surface area contributed by atoms with Crippen molar-refractivity contribution in [3.8, 4) is 0 Å². The molecule has 0 aromatic heterocycles. The number of aliphatic hydroxyl groups is 1. The van der Waals surface area contributed by atoms with Gasteiger partial charge in [0.15, 0.2) is 0 Å². The third-order valence-electron chi connectivity index (χ3n) is 10.0. The number of rotatable bonds is 11. The first kappa shape index (κ1) is 29.8. The molecular weight excluding hydrogens is 494 g/mol. The van der Waals surface area contributed by atoms with Gasteiger partial charge >= 0.3 is 0 Å². The maximum absolute atomic E-state index is 14.8. The highest BCUT2D eigenvalue weighted by Gasteiger charge is 2.80. The van der Waals surface area contributed by atoms with Gasteiger partial charge in [-0.25, -0.2) is 0 Å². The zero-order valence-electron chi connectivity index (χ0n) is 24.6. The smallest absolute Gasteiger partial charge is 0.248 e. The Bertz CT molecular complexity index is 977.